The molecule has 2 N–H and O–H groups in total. The van der Waals surface area contributed by atoms with Gasteiger partial charge < -0.3 is 10.1 Å². The average Bonchev–Trinajstić information content (AvgIpc) is 2.58. The van der Waals surface area contributed by atoms with Gasteiger partial charge in [0.2, 0.25) is 0 Å². The summed E-state index contributed by atoms with van der Waals surface area (Å²) in [6.07, 6.45) is 2.21. The summed E-state index contributed by atoms with van der Waals surface area (Å²) < 4.78 is 29.2. The summed E-state index contributed by atoms with van der Waals surface area (Å²) in [5, 5.41) is 9.05. The molecule has 0 spiro atoms. The zero-order valence-electron chi connectivity index (χ0n) is 14.4. The Balaban J connectivity index is 1.86. The first-order valence-corrected chi connectivity index (χ1v) is 8.31. The highest BCUT2D eigenvalue weighted by atomic mass is 19.3. The number of hydrogen-bond donors (Lipinski definition) is 2. The van der Waals surface area contributed by atoms with E-state index in [0.717, 1.165) is 24.0 Å². The Bertz CT molecular complexity index is 896. The van der Waals surface area contributed by atoms with Crippen molar-refractivity contribution in [2.75, 3.05) is 0 Å². The van der Waals surface area contributed by atoms with Gasteiger partial charge in [0.05, 0.1) is 11.7 Å². The maximum absolute atomic E-state index is 12.6. The molecule has 3 rings (SSSR count). The Morgan fingerprint density at radius 2 is 2.15 bits per heavy atom. The highest BCUT2D eigenvalue weighted by molar-refractivity contribution is 5.95. The third kappa shape index (κ3) is 3.58. The Hall–Kier alpha value is -2.77. The molecule has 0 fully saturated rings. The van der Waals surface area contributed by atoms with Crippen LogP contribution in [0.15, 0.2) is 23.0 Å². The number of benzene rings is 1. The molecular weight excluding hydrogens is 344 g/mol. The normalized spacial score (nSPS) is 16.3. The molecule has 0 saturated heterocycles. The van der Waals surface area contributed by atoms with Crippen molar-refractivity contribution < 1.29 is 18.3 Å². The van der Waals surface area contributed by atoms with Crippen LogP contribution in [0.4, 0.5) is 8.78 Å². The highest BCUT2D eigenvalue weighted by Crippen LogP contribution is 2.32. The Kier molecular flexibility index (Phi) is 5.01. The van der Waals surface area contributed by atoms with E-state index in [1.807, 2.05) is 0 Å². The first-order chi connectivity index (χ1) is 12.4. The number of hydrogen-bond acceptors (Lipinski definition) is 4. The summed E-state index contributed by atoms with van der Waals surface area (Å²) in [7, 11) is 0. The van der Waals surface area contributed by atoms with E-state index in [-0.39, 0.29) is 17.4 Å². The number of nitrogens with one attached hydrogen (secondary N) is 2. The van der Waals surface area contributed by atoms with Crippen molar-refractivity contribution in [3.63, 3.8) is 0 Å². The molecule has 1 aromatic heterocycles. The fraction of sp³-hybridized carbons (Fsp3) is 0.389. The minimum absolute atomic E-state index is 0.0438. The minimum Gasteiger partial charge on any atom is -0.435 e. The van der Waals surface area contributed by atoms with Crippen molar-refractivity contribution in [2.45, 2.75) is 45.8 Å². The van der Waals surface area contributed by atoms with E-state index in [0.29, 0.717) is 17.7 Å². The first kappa shape index (κ1) is 18.0. The number of rotatable bonds is 4. The molecule has 1 aliphatic carbocycles. The molecule has 138 valence electrons. The van der Waals surface area contributed by atoms with Crippen LogP contribution in [0.25, 0.3) is 0 Å². The van der Waals surface area contributed by atoms with E-state index >= 15 is 0 Å². The van der Waals surface area contributed by atoms with Crippen LogP contribution < -0.4 is 15.6 Å². The molecule has 1 atom stereocenters. The first-order valence-electron chi connectivity index (χ1n) is 8.31. The second-order valence-corrected chi connectivity index (χ2v) is 6.30. The van der Waals surface area contributed by atoms with Crippen LogP contribution in [0.3, 0.4) is 0 Å². The predicted molar refractivity (Wildman–Crippen MR) is 90.6 cm³/mol. The molecule has 26 heavy (non-hydrogen) atoms. The van der Waals surface area contributed by atoms with Crippen molar-refractivity contribution in [1.29, 1.82) is 0 Å². The van der Waals surface area contributed by atoms with Gasteiger partial charge in [0.1, 0.15) is 11.3 Å². The Morgan fingerprint density at radius 3 is 2.88 bits per heavy atom. The fourth-order valence-electron chi connectivity index (χ4n) is 3.25. The number of H-pyrrole nitrogens is 1. The van der Waals surface area contributed by atoms with Gasteiger partial charge in [0.15, 0.2) is 0 Å². The van der Waals surface area contributed by atoms with Gasteiger partial charge in [-0.15, -0.1) is 0 Å². The molecule has 0 radical (unpaired) electrons. The lowest BCUT2D eigenvalue weighted by molar-refractivity contribution is -0.0499. The van der Waals surface area contributed by atoms with Crippen LogP contribution in [0, 0.1) is 13.8 Å². The lowest BCUT2D eigenvalue weighted by Gasteiger charge is -2.27. The molecule has 6 nitrogen and oxygen atoms in total. The van der Waals surface area contributed by atoms with Gasteiger partial charge in [0.25, 0.3) is 11.5 Å². The fourth-order valence-corrected chi connectivity index (χ4v) is 3.25. The SMILES string of the molecule is Cc1n[nH]c(=O)c(C(=O)N[C@@H]2CCCc3cc(OC(F)F)ccc32)c1C. The van der Waals surface area contributed by atoms with Gasteiger partial charge in [-0.25, -0.2) is 5.10 Å². The summed E-state index contributed by atoms with van der Waals surface area (Å²) >= 11 is 0. The van der Waals surface area contributed by atoms with Gasteiger partial charge >= 0.3 is 6.61 Å². The minimum atomic E-state index is -2.88. The van der Waals surface area contributed by atoms with E-state index in [1.54, 1.807) is 26.0 Å². The maximum Gasteiger partial charge on any atom is 0.387 e. The van der Waals surface area contributed by atoms with E-state index in [9.17, 15) is 18.4 Å². The molecule has 0 unspecified atom stereocenters. The number of carbonyl (C=O) groups is 1. The monoisotopic (exact) mass is 363 g/mol. The Labute approximate surface area is 148 Å². The lowest BCUT2D eigenvalue weighted by Crippen LogP contribution is -2.35. The number of aryl methyl sites for hydroxylation is 2. The standard InChI is InChI=1S/C18H19F2N3O3/c1-9-10(2)22-23-17(25)15(9)16(24)21-14-5-3-4-11-8-12(26-18(19)20)6-7-13(11)14/h6-8,14,18H,3-5H2,1-2H3,(H,21,24)(H,23,25)/t14-/m1/s1. The van der Waals surface area contributed by atoms with Crippen LogP contribution in [0.1, 0.15) is 51.6 Å². The number of nitrogens with zero attached hydrogens (tertiary/aromatic N) is 1. The van der Waals surface area contributed by atoms with Gasteiger partial charge in [-0.1, -0.05) is 6.07 Å². The summed E-state index contributed by atoms with van der Waals surface area (Å²) in [5.74, 6) is -0.372. The van der Waals surface area contributed by atoms with Crippen molar-refractivity contribution in [2.24, 2.45) is 0 Å². The van der Waals surface area contributed by atoms with Gasteiger partial charge in [0, 0.05) is 0 Å². The molecule has 0 saturated carbocycles. The maximum atomic E-state index is 12.6. The molecular formula is C18H19F2N3O3. The van der Waals surface area contributed by atoms with Crippen LogP contribution in [-0.4, -0.2) is 22.7 Å². The summed E-state index contributed by atoms with van der Waals surface area (Å²) in [6, 6.07) is 4.43. The average molecular weight is 363 g/mol. The highest BCUT2D eigenvalue weighted by Gasteiger charge is 2.25. The van der Waals surface area contributed by atoms with E-state index in [4.69, 9.17) is 0 Å². The molecule has 8 heteroatoms. The Morgan fingerprint density at radius 1 is 1.38 bits per heavy atom. The summed E-state index contributed by atoms with van der Waals surface area (Å²) in [5.41, 5.74) is 2.32. The molecule has 0 aliphatic heterocycles. The molecule has 2 aromatic rings. The molecule has 1 amide bonds. The van der Waals surface area contributed by atoms with Crippen LogP contribution >= 0.6 is 0 Å². The lowest BCUT2D eigenvalue weighted by atomic mass is 9.87. The second-order valence-electron chi connectivity index (χ2n) is 6.30. The van der Waals surface area contributed by atoms with Crippen molar-refractivity contribution in [1.82, 2.24) is 15.5 Å². The summed E-state index contributed by atoms with van der Waals surface area (Å²) in [6.45, 7) is 0.509. The summed E-state index contributed by atoms with van der Waals surface area (Å²) in [4.78, 5) is 24.6. The molecule has 0 bridgehead atoms. The number of ether oxygens (including phenoxy) is 1. The molecule has 1 aliphatic rings. The van der Waals surface area contributed by atoms with Crippen LogP contribution in [0.5, 0.6) is 5.75 Å². The second kappa shape index (κ2) is 7.23. The van der Waals surface area contributed by atoms with Crippen molar-refractivity contribution in [3.05, 3.63) is 56.5 Å². The number of halogens is 2. The van der Waals surface area contributed by atoms with Gasteiger partial charge in [-0.3, -0.25) is 9.59 Å². The van der Waals surface area contributed by atoms with Gasteiger partial charge in [-0.05, 0) is 61.9 Å². The number of aromatic amines is 1. The third-order valence-electron chi connectivity index (χ3n) is 4.66. The number of aromatic nitrogens is 2. The van der Waals surface area contributed by atoms with Crippen molar-refractivity contribution >= 4 is 5.91 Å². The van der Waals surface area contributed by atoms with Gasteiger partial charge in [-0.2, -0.15) is 13.9 Å². The zero-order chi connectivity index (χ0) is 18.8. The molecule has 1 aromatic carbocycles. The van der Waals surface area contributed by atoms with Crippen LogP contribution in [-0.2, 0) is 6.42 Å². The number of alkyl halides is 2. The zero-order valence-corrected chi connectivity index (χ0v) is 14.4. The predicted octanol–water partition coefficient (Wildman–Crippen LogP) is 2.80. The number of amides is 1. The topological polar surface area (TPSA) is 84.1 Å². The number of fused-ring (bicyclic) bond motifs is 1. The van der Waals surface area contributed by atoms with E-state index < -0.39 is 18.1 Å². The largest absolute Gasteiger partial charge is 0.435 e. The van der Waals surface area contributed by atoms with E-state index in [1.165, 1.54) is 6.07 Å². The molecule has 1 heterocycles. The number of carbonyl (C=O) groups excluding carboxylic acids is 1. The van der Waals surface area contributed by atoms with Crippen molar-refractivity contribution in [3.8, 4) is 5.75 Å². The van der Waals surface area contributed by atoms with Crippen LogP contribution in [0.2, 0.25) is 0 Å². The third-order valence-corrected chi connectivity index (χ3v) is 4.66. The quantitative estimate of drug-likeness (QED) is 0.875. The smallest absolute Gasteiger partial charge is 0.387 e. The van der Waals surface area contributed by atoms with E-state index in [2.05, 4.69) is 20.3 Å².